The molecule has 2 rings (SSSR count). The fourth-order valence-electron chi connectivity index (χ4n) is 1.99. The minimum atomic E-state index is -0.416. The summed E-state index contributed by atoms with van der Waals surface area (Å²) in [5, 5.41) is 0. The molecule has 0 heterocycles. The highest BCUT2D eigenvalue weighted by Crippen LogP contribution is 2.24. The van der Waals surface area contributed by atoms with E-state index in [0.717, 1.165) is 5.56 Å². The molecule has 2 aromatic carbocycles. The van der Waals surface area contributed by atoms with Crippen LogP contribution in [0.3, 0.4) is 0 Å². The average molecular weight is 272 g/mol. The van der Waals surface area contributed by atoms with Crippen LogP contribution in [0.4, 0.5) is 4.39 Å². The molecule has 0 unspecified atom stereocenters. The van der Waals surface area contributed by atoms with Crippen LogP contribution in [0.5, 0.6) is 5.75 Å². The van der Waals surface area contributed by atoms with Crippen molar-refractivity contribution in [1.29, 1.82) is 0 Å². The van der Waals surface area contributed by atoms with Crippen molar-refractivity contribution < 1.29 is 13.9 Å². The number of halogens is 1. The lowest BCUT2D eigenvalue weighted by Crippen LogP contribution is -2.11. The Morgan fingerprint density at radius 3 is 2.50 bits per heavy atom. The van der Waals surface area contributed by atoms with E-state index in [9.17, 15) is 9.18 Å². The van der Waals surface area contributed by atoms with Gasteiger partial charge in [-0.05, 0) is 50.6 Å². The molecule has 0 N–H and O–H groups in total. The smallest absolute Gasteiger partial charge is 0.197 e. The van der Waals surface area contributed by atoms with Crippen molar-refractivity contribution >= 4 is 5.78 Å². The van der Waals surface area contributed by atoms with Crippen molar-refractivity contribution in [1.82, 2.24) is 0 Å². The molecular formula is C17H17FO2. The van der Waals surface area contributed by atoms with Gasteiger partial charge in [-0.1, -0.05) is 18.2 Å². The number of hydrogen-bond acceptors (Lipinski definition) is 2. The zero-order valence-electron chi connectivity index (χ0n) is 11.8. The largest absolute Gasteiger partial charge is 0.490 e. The van der Waals surface area contributed by atoms with Gasteiger partial charge < -0.3 is 4.74 Å². The molecule has 0 saturated carbocycles. The topological polar surface area (TPSA) is 26.3 Å². The van der Waals surface area contributed by atoms with E-state index < -0.39 is 5.82 Å². The normalized spacial score (nSPS) is 10.7. The average Bonchev–Trinajstić information content (AvgIpc) is 2.41. The molecule has 2 aromatic rings. The Bertz CT molecular complexity index is 633. The Morgan fingerprint density at radius 2 is 1.80 bits per heavy atom. The van der Waals surface area contributed by atoms with Crippen LogP contribution in [0.1, 0.15) is 35.3 Å². The maximum absolute atomic E-state index is 13.4. The lowest BCUT2D eigenvalue weighted by molar-refractivity contribution is 0.103. The highest BCUT2D eigenvalue weighted by Gasteiger charge is 2.17. The predicted molar refractivity (Wildman–Crippen MR) is 76.8 cm³/mol. The molecule has 0 aromatic heterocycles. The summed E-state index contributed by atoms with van der Waals surface area (Å²) in [5.41, 5.74) is 1.57. The van der Waals surface area contributed by atoms with Crippen LogP contribution >= 0.6 is 0 Å². The summed E-state index contributed by atoms with van der Waals surface area (Å²) in [7, 11) is 0. The molecule has 0 amide bonds. The number of ether oxygens (including phenoxy) is 1. The lowest BCUT2D eigenvalue weighted by atomic mass is 9.98. The van der Waals surface area contributed by atoms with Crippen molar-refractivity contribution in [2.24, 2.45) is 0 Å². The maximum Gasteiger partial charge on any atom is 0.197 e. The molecule has 3 heteroatoms. The molecule has 2 nitrogen and oxygen atoms in total. The molecule has 0 saturated heterocycles. The summed E-state index contributed by atoms with van der Waals surface area (Å²) in [6, 6.07) is 11.3. The third kappa shape index (κ3) is 3.05. The van der Waals surface area contributed by atoms with E-state index in [1.54, 1.807) is 31.2 Å². The maximum atomic E-state index is 13.4. The minimum absolute atomic E-state index is 0.0300. The third-order valence-electron chi connectivity index (χ3n) is 2.94. The second-order valence-electron chi connectivity index (χ2n) is 4.95. The van der Waals surface area contributed by atoms with Crippen molar-refractivity contribution in [3.05, 3.63) is 65.0 Å². The van der Waals surface area contributed by atoms with E-state index >= 15 is 0 Å². The highest BCUT2D eigenvalue weighted by atomic mass is 19.1. The van der Waals surface area contributed by atoms with Gasteiger partial charge in [0.25, 0.3) is 0 Å². The van der Waals surface area contributed by atoms with Crippen LogP contribution in [0, 0.1) is 12.7 Å². The van der Waals surface area contributed by atoms with E-state index in [-0.39, 0.29) is 11.9 Å². The first-order valence-corrected chi connectivity index (χ1v) is 6.55. The fraction of sp³-hybridized carbons (Fsp3) is 0.235. The summed E-state index contributed by atoms with van der Waals surface area (Å²) in [4.78, 5) is 12.6. The van der Waals surface area contributed by atoms with E-state index in [4.69, 9.17) is 4.74 Å². The Kier molecular flexibility index (Phi) is 4.18. The molecule has 0 fully saturated rings. The Morgan fingerprint density at radius 1 is 1.10 bits per heavy atom. The molecule has 0 spiro atoms. The van der Waals surface area contributed by atoms with Crippen molar-refractivity contribution in [2.75, 3.05) is 0 Å². The van der Waals surface area contributed by atoms with Gasteiger partial charge in [-0.25, -0.2) is 4.39 Å². The fourth-order valence-corrected chi connectivity index (χ4v) is 1.99. The number of benzene rings is 2. The Balaban J connectivity index is 2.45. The van der Waals surface area contributed by atoms with E-state index in [0.29, 0.717) is 16.9 Å². The third-order valence-corrected chi connectivity index (χ3v) is 2.94. The Labute approximate surface area is 118 Å². The zero-order chi connectivity index (χ0) is 14.7. The molecule has 104 valence electrons. The number of hydrogen-bond donors (Lipinski definition) is 0. The number of ketones is 1. The van der Waals surface area contributed by atoms with Gasteiger partial charge in [0, 0.05) is 5.56 Å². The number of aryl methyl sites for hydroxylation is 1. The van der Waals surface area contributed by atoms with Gasteiger partial charge in [-0.3, -0.25) is 4.79 Å². The van der Waals surface area contributed by atoms with Crippen LogP contribution in [0.2, 0.25) is 0 Å². The van der Waals surface area contributed by atoms with Crippen molar-refractivity contribution in [3.8, 4) is 5.75 Å². The second kappa shape index (κ2) is 5.87. The zero-order valence-corrected chi connectivity index (χ0v) is 11.8. The van der Waals surface area contributed by atoms with Crippen LogP contribution in [-0.2, 0) is 0 Å². The van der Waals surface area contributed by atoms with E-state index in [2.05, 4.69) is 0 Å². The summed E-state index contributed by atoms with van der Waals surface area (Å²) >= 11 is 0. The van der Waals surface area contributed by atoms with Crippen LogP contribution in [-0.4, -0.2) is 11.9 Å². The van der Waals surface area contributed by atoms with Gasteiger partial charge >= 0.3 is 0 Å². The van der Waals surface area contributed by atoms with Gasteiger partial charge in [0.15, 0.2) is 5.78 Å². The Hall–Kier alpha value is -2.16. The lowest BCUT2D eigenvalue weighted by Gasteiger charge is -2.14. The van der Waals surface area contributed by atoms with Crippen molar-refractivity contribution in [3.63, 3.8) is 0 Å². The van der Waals surface area contributed by atoms with Gasteiger partial charge in [0.1, 0.15) is 11.6 Å². The minimum Gasteiger partial charge on any atom is -0.490 e. The molecule has 0 aliphatic heterocycles. The van der Waals surface area contributed by atoms with Gasteiger partial charge in [-0.2, -0.15) is 0 Å². The monoisotopic (exact) mass is 272 g/mol. The quantitative estimate of drug-likeness (QED) is 0.781. The first kappa shape index (κ1) is 14.3. The SMILES string of the molecule is Cc1ccc(F)cc1C(=O)c1ccccc1OC(C)C. The summed E-state index contributed by atoms with van der Waals surface area (Å²) in [6.07, 6.45) is -0.0300. The second-order valence-corrected chi connectivity index (χ2v) is 4.95. The first-order valence-electron chi connectivity index (χ1n) is 6.55. The molecular weight excluding hydrogens is 255 g/mol. The van der Waals surface area contributed by atoms with Gasteiger partial charge in [0.2, 0.25) is 0 Å². The van der Waals surface area contributed by atoms with Crippen LogP contribution in [0.15, 0.2) is 42.5 Å². The summed E-state index contributed by atoms with van der Waals surface area (Å²) in [5.74, 6) is -0.115. The molecule has 0 bridgehead atoms. The van der Waals surface area contributed by atoms with Crippen molar-refractivity contribution in [2.45, 2.75) is 26.9 Å². The summed E-state index contributed by atoms with van der Waals surface area (Å²) < 4.78 is 19.0. The molecule has 0 radical (unpaired) electrons. The molecule has 20 heavy (non-hydrogen) atoms. The number of carbonyl (C=O) groups is 1. The molecule has 0 aliphatic carbocycles. The standard InChI is InChI=1S/C17H17FO2/c1-11(2)20-16-7-5-4-6-14(16)17(19)15-10-13(18)9-8-12(15)3/h4-11H,1-3H3. The van der Waals surface area contributed by atoms with Crippen LogP contribution in [0.25, 0.3) is 0 Å². The first-order chi connectivity index (χ1) is 9.49. The molecule has 0 atom stereocenters. The van der Waals surface area contributed by atoms with E-state index in [1.165, 1.54) is 12.1 Å². The number of para-hydroxylation sites is 1. The van der Waals surface area contributed by atoms with Gasteiger partial charge in [-0.15, -0.1) is 0 Å². The van der Waals surface area contributed by atoms with Gasteiger partial charge in [0.05, 0.1) is 11.7 Å². The summed E-state index contributed by atoms with van der Waals surface area (Å²) in [6.45, 7) is 5.59. The van der Waals surface area contributed by atoms with E-state index in [1.807, 2.05) is 19.9 Å². The van der Waals surface area contributed by atoms with Crippen LogP contribution < -0.4 is 4.74 Å². The number of rotatable bonds is 4. The number of carbonyl (C=O) groups excluding carboxylic acids is 1. The molecule has 0 aliphatic rings. The predicted octanol–water partition coefficient (Wildman–Crippen LogP) is 4.15. The highest BCUT2D eigenvalue weighted by molar-refractivity contribution is 6.11.